The molecule has 0 aliphatic heterocycles. The van der Waals surface area contributed by atoms with Crippen LogP contribution in [0.1, 0.15) is 71.5 Å². The van der Waals surface area contributed by atoms with Crippen LogP contribution in [0.5, 0.6) is 0 Å². The molecule has 2 atom stereocenters. The lowest BCUT2D eigenvalue weighted by Gasteiger charge is -2.30. The van der Waals surface area contributed by atoms with Crippen molar-refractivity contribution >= 4 is 0 Å². The van der Waals surface area contributed by atoms with Crippen molar-refractivity contribution < 1.29 is 0 Å². The largest absolute Gasteiger partial charge is 0.330 e. The fourth-order valence-electron chi connectivity index (χ4n) is 2.55. The lowest BCUT2D eigenvalue weighted by atomic mass is 9.76. The average molecular weight is 265 g/mol. The van der Waals surface area contributed by atoms with Gasteiger partial charge in [0.15, 0.2) is 0 Å². The number of hydrogen-bond donors (Lipinski definition) is 1. The Kier molecular flexibility index (Phi) is 6.56. The maximum Gasteiger partial charge on any atom is 0.0630 e. The summed E-state index contributed by atoms with van der Waals surface area (Å²) in [5.41, 5.74) is 7.50. The first-order valence-electron chi connectivity index (χ1n) is 7.84. The Morgan fingerprint density at radius 2 is 2.11 bits per heavy atom. The minimum absolute atomic E-state index is 0.241. The van der Waals surface area contributed by atoms with Crippen molar-refractivity contribution in [3.8, 4) is 0 Å². The van der Waals surface area contributed by atoms with Gasteiger partial charge in [-0.2, -0.15) is 5.10 Å². The molecule has 0 spiro atoms. The van der Waals surface area contributed by atoms with E-state index >= 15 is 0 Å². The van der Waals surface area contributed by atoms with Crippen LogP contribution in [0.3, 0.4) is 0 Å². The van der Waals surface area contributed by atoms with Gasteiger partial charge in [-0.15, -0.1) is 0 Å². The second-order valence-electron chi connectivity index (χ2n) is 5.88. The zero-order valence-electron chi connectivity index (χ0n) is 13.2. The summed E-state index contributed by atoms with van der Waals surface area (Å²) < 4.78 is 2.09. The van der Waals surface area contributed by atoms with Gasteiger partial charge in [0.05, 0.1) is 5.69 Å². The van der Waals surface area contributed by atoms with Crippen LogP contribution >= 0.6 is 0 Å². The van der Waals surface area contributed by atoms with E-state index in [4.69, 9.17) is 10.8 Å². The summed E-state index contributed by atoms with van der Waals surface area (Å²) >= 11 is 0. The van der Waals surface area contributed by atoms with Gasteiger partial charge in [0, 0.05) is 12.2 Å². The van der Waals surface area contributed by atoms with Crippen LogP contribution in [0.15, 0.2) is 12.3 Å². The molecule has 0 fully saturated rings. The molecule has 3 nitrogen and oxygen atoms in total. The molecule has 0 bridgehead atoms. The normalized spacial score (nSPS) is 16.3. The van der Waals surface area contributed by atoms with E-state index in [0.717, 1.165) is 25.8 Å². The summed E-state index contributed by atoms with van der Waals surface area (Å²) in [6.45, 7) is 9.68. The predicted molar refractivity (Wildman–Crippen MR) is 82.2 cm³/mol. The van der Waals surface area contributed by atoms with Gasteiger partial charge in [0.2, 0.25) is 0 Å². The molecule has 0 radical (unpaired) electrons. The Morgan fingerprint density at radius 1 is 1.37 bits per heavy atom. The quantitative estimate of drug-likeness (QED) is 0.735. The summed E-state index contributed by atoms with van der Waals surface area (Å²) in [5, 5.41) is 4.73. The first kappa shape index (κ1) is 16.2. The van der Waals surface area contributed by atoms with Gasteiger partial charge in [0.25, 0.3) is 0 Å². The van der Waals surface area contributed by atoms with E-state index < -0.39 is 0 Å². The molecule has 3 heteroatoms. The fraction of sp³-hybridized carbons (Fsp3) is 0.812. The van der Waals surface area contributed by atoms with E-state index in [0.29, 0.717) is 6.04 Å². The van der Waals surface area contributed by atoms with Gasteiger partial charge in [-0.1, -0.05) is 33.6 Å². The fourth-order valence-corrected chi connectivity index (χ4v) is 2.55. The third-order valence-corrected chi connectivity index (χ3v) is 4.51. The molecule has 1 aromatic rings. The molecular weight excluding hydrogens is 234 g/mol. The molecule has 1 heterocycles. The van der Waals surface area contributed by atoms with Crippen LogP contribution < -0.4 is 5.73 Å². The highest BCUT2D eigenvalue weighted by Crippen LogP contribution is 2.31. The van der Waals surface area contributed by atoms with Crippen molar-refractivity contribution in [1.29, 1.82) is 0 Å². The zero-order chi connectivity index (χ0) is 14.3. The Balaban J connectivity index is 2.75. The number of rotatable bonds is 9. The van der Waals surface area contributed by atoms with E-state index in [1.54, 1.807) is 0 Å². The maximum absolute atomic E-state index is 6.07. The summed E-state index contributed by atoms with van der Waals surface area (Å²) in [7, 11) is 0. The SMILES string of the molecule is CCCCC(CC)(CN)Cc1ccn(C(C)CC)n1. The molecule has 0 aliphatic carbocycles. The third kappa shape index (κ3) is 4.34. The molecule has 0 saturated heterocycles. The molecule has 1 rings (SSSR count). The molecule has 2 N–H and O–H groups in total. The van der Waals surface area contributed by atoms with E-state index in [2.05, 4.69) is 44.6 Å². The van der Waals surface area contributed by atoms with E-state index in [9.17, 15) is 0 Å². The molecule has 0 amide bonds. The lowest BCUT2D eigenvalue weighted by molar-refractivity contribution is 0.247. The second kappa shape index (κ2) is 7.68. The van der Waals surface area contributed by atoms with Crippen LogP contribution in [0.2, 0.25) is 0 Å². The standard InChI is InChI=1S/C16H31N3/c1-5-8-10-16(7-3,13-17)12-15-9-11-19(18-15)14(4)6-2/h9,11,14H,5-8,10,12-13,17H2,1-4H3. The Morgan fingerprint density at radius 3 is 2.63 bits per heavy atom. The minimum Gasteiger partial charge on any atom is -0.330 e. The molecule has 1 aromatic heterocycles. The van der Waals surface area contributed by atoms with Crippen LogP contribution in [-0.2, 0) is 6.42 Å². The molecule has 110 valence electrons. The van der Waals surface area contributed by atoms with Gasteiger partial charge < -0.3 is 5.73 Å². The topological polar surface area (TPSA) is 43.8 Å². The highest BCUT2D eigenvalue weighted by molar-refractivity contribution is 5.04. The smallest absolute Gasteiger partial charge is 0.0630 e. The molecule has 0 aromatic carbocycles. The van der Waals surface area contributed by atoms with Gasteiger partial charge in [-0.25, -0.2) is 0 Å². The Hall–Kier alpha value is -0.830. The summed E-state index contributed by atoms with van der Waals surface area (Å²) in [6, 6.07) is 2.65. The van der Waals surface area contributed by atoms with E-state index in [1.165, 1.54) is 25.0 Å². The molecular formula is C16H31N3. The van der Waals surface area contributed by atoms with Crippen molar-refractivity contribution in [2.45, 2.75) is 72.3 Å². The average Bonchev–Trinajstić information content (AvgIpc) is 2.91. The second-order valence-corrected chi connectivity index (χ2v) is 5.88. The summed E-state index contributed by atoms with van der Waals surface area (Å²) in [6.07, 6.45) is 9.10. The maximum atomic E-state index is 6.07. The van der Waals surface area contributed by atoms with Gasteiger partial charge in [0.1, 0.15) is 0 Å². The summed E-state index contributed by atoms with van der Waals surface area (Å²) in [4.78, 5) is 0. The van der Waals surface area contributed by atoms with Crippen LogP contribution in [0, 0.1) is 5.41 Å². The first-order chi connectivity index (χ1) is 9.10. The van der Waals surface area contributed by atoms with Gasteiger partial charge >= 0.3 is 0 Å². The van der Waals surface area contributed by atoms with Crippen molar-refractivity contribution in [3.05, 3.63) is 18.0 Å². The van der Waals surface area contributed by atoms with Crippen LogP contribution in [-0.4, -0.2) is 16.3 Å². The van der Waals surface area contributed by atoms with E-state index in [-0.39, 0.29) is 5.41 Å². The predicted octanol–water partition coefficient (Wildman–Crippen LogP) is 3.94. The van der Waals surface area contributed by atoms with Crippen LogP contribution in [0.4, 0.5) is 0 Å². The molecule has 19 heavy (non-hydrogen) atoms. The number of hydrogen-bond acceptors (Lipinski definition) is 2. The number of nitrogens with two attached hydrogens (primary N) is 1. The number of unbranched alkanes of at least 4 members (excludes halogenated alkanes) is 1. The first-order valence-corrected chi connectivity index (χ1v) is 7.84. The van der Waals surface area contributed by atoms with Crippen LogP contribution in [0.25, 0.3) is 0 Å². The van der Waals surface area contributed by atoms with Crippen molar-refractivity contribution in [1.82, 2.24) is 9.78 Å². The van der Waals surface area contributed by atoms with Gasteiger partial charge in [-0.3, -0.25) is 4.68 Å². The van der Waals surface area contributed by atoms with Crippen molar-refractivity contribution in [2.24, 2.45) is 11.1 Å². The van der Waals surface area contributed by atoms with Gasteiger partial charge in [-0.05, 0) is 50.6 Å². The molecule has 0 aliphatic rings. The third-order valence-electron chi connectivity index (χ3n) is 4.51. The number of aromatic nitrogens is 2. The minimum atomic E-state index is 0.241. The summed E-state index contributed by atoms with van der Waals surface area (Å²) in [5.74, 6) is 0. The highest BCUT2D eigenvalue weighted by atomic mass is 15.3. The van der Waals surface area contributed by atoms with Crippen molar-refractivity contribution in [3.63, 3.8) is 0 Å². The molecule has 2 unspecified atom stereocenters. The highest BCUT2D eigenvalue weighted by Gasteiger charge is 2.27. The lowest BCUT2D eigenvalue weighted by Crippen LogP contribution is -2.32. The zero-order valence-corrected chi connectivity index (χ0v) is 13.2. The Bertz CT molecular complexity index is 353. The van der Waals surface area contributed by atoms with Crippen molar-refractivity contribution in [2.75, 3.05) is 6.54 Å². The van der Waals surface area contributed by atoms with E-state index in [1.807, 2.05) is 0 Å². The monoisotopic (exact) mass is 265 g/mol. The Labute approximate surface area is 118 Å². The molecule has 0 saturated carbocycles. The number of nitrogens with zero attached hydrogens (tertiary/aromatic N) is 2.